The first-order valence-electron chi connectivity index (χ1n) is 6.99. The van der Waals surface area contributed by atoms with Crippen LogP contribution >= 0.6 is 31.9 Å². The predicted octanol–water partition coefficient (Wildman–Crippen LogP) is 5.48. The second kappa shape index (κ2) is 5.05. The van der Waals surface area contributed by atoms with E-state index in [0.717, 1.165) is 36.8 Å². The number of hydrogen-bond donors (Lipinski definition) is 1. The molecule has 22 heavy (non-hydrogen) atoms. The third-order valence-corrected chi connectivity index (χ3v) is 5.21. The maximum Gasteiger partial charge on any atom is 0.141 e. The van der Waals surface area contributed by atoms with Gasteiger partial charge in [0.2, 0.25) is 0 Å². The first-order valence-corrected chi connectivity index (χ1v) is 8.57. The topological polar surface area (TPSA) is 20.2 Å². The van der Waals surface area contributed by atoms with Gasteiger partial charge in [-0.05, 0) is 41.0 Å². The maximum atomic E-state index is 11.7. The fourth-order valence-electron chi connectivity index (χ4n) is 3.24. The van der Waals surface area contributed by atoms with E-state index in [0.29, 0.717) is 0 Å². The SMILES string of the molecule is OC1(c2ccccc2)c2cc(Br)ccc2-c2ccc(Br)cc21. The summed E-state index contributed by atoms with van der Waals surface area (Å²) in [6.07, 6.45) is 0. The van der Waals surface area contributed by atoms with Crippen molar-refractivity contribution >= 4 is 31.9 Å². The van der Waals surface area contributed by atoms with Gasteiger partial charge in [-0.3, -0.25) is 0 Å². The fourth-order valence-corrected chi connectivity index (χ4v) is 3.96. The minimum absolute atomic E-state index is 0.881. The van der Waals surface area contributed by atoms with Crippen molar-refractivity contribution in [2.45, 2.75) is 5.60 Å². The van der Waals surface area contributed by atoms with Crippen LogP contribution in [0.5, 0.6) is 0 Å². The second-order valence-corrected chi connectivity index (χ2v) is 7.29. The van der Waals surface area contributed by atoms with Gasteiger partial charge in [-0.15, -0.1) is 0 Å². The van der Waals surface area contributed by atoms with E-state index in [9.17, 15) is 5.11 Å². The van der Waals surface area contributed by atoms with E-state index in [-0.39, 0.29) is 0 Å². The summed E-state index contributed by atoms with van der Waals surface area (Å²) in [7, 11) is 0. The first-order chi connectivity index (χ1) is 10.6. The monoisotopic (exact) mass is 414 g/mol. The summed E-state index contributed by atoms with van der Waals surface area (Å²) in [5, 5.41) is 11.7. The average molecular weight is 416 g/mol. The molecule has 1 nitrogen and oxygen atoms in total. The van der Waals surface area contributed by atoms with Gasteiger partial charge >= 0.3 is 0 Å². The van der Waals surface area contributed by atoms with Crippen LogP contribution in [0, 0.1) is 0 Å². The molecule has 0 fully saturated rings. The number of benzene rings is 3. The van der Waals surface area contributed by atoms with E-state index in [4.69, 9.17) is 0 Å². The molecule has 3 heteroatoms. The molecule has 1 aliphatic carbocycles. The van der Waals surface area contributed by atoms with Gasteiger partial charge in [-0.2, -0.15) is 0 Å². The second-order valence-electron chi connectivity index (χ2n) is 5.46. The Labute approximate surface area is 145 Å². The minimum Gasteiger partial charge on any atom is -0.376 e. The lowest BCUT2D eigenvalue weighted by molar-refractivity contribution is 0.130. The van der Waals surface area contributed by atoms with Crippen molar-refractivity contribution < 1.29 is 5.11 Å². The van der Waals surface area contributed by atoms with Gasteiger partial charge in [0.05, 0.1) is 0 Å². The molecule has 3 aromatic rings. The molecule has 0 heterocycles. The third kappa shape index (κ3) is 1.93. The van der Waals surface area contributed by atoms with Gasteiger partial charge in [0.15, 0.2) is 0 Å². The summed E-state index contributed by atoms with van der Waals surface area (Å²) in [4.78, 5) is 0. The first kappa shape index (κ1) is 14.2. The standard InChI is InChI=1S/C19H12Br2O/c20-13-6-8-15-16-9-7-14(21)11-18(16)19(22,17(15)10-13)12-4-2-1-3-5-12/h1-11,22H. The maximum absolute atomic E-state index is 11.7. The predicted molar refractivity (Wildman–Crippen MR) is 95.8 cm³/mol. The van der Waals surface area contributed by atoms with Crippen molar-refractivity contribution in [2.75, 3.05) is 0 Å². The highest BCUT2D eigenvalue weighted by atomic mass is 79.9. The van der Waals surface area contributed by atoms with Crippen molar-refractivity contribution in [3.05, 3.63) is 92.4 Å². The number of halogens is 2. The van der Waals surface area contributed by atoms with Crippen LogP contribution in [-0.2, 0) is 5.60 Å². The molecule has 1 aliphatic rings. The van der Waals surface area contributed by atoms with Crippen LogP contribution in [0.3, 0.4) is 0 Å². The zero-order valence-electron chi connectivity index (χ0n) is 11.6. The van der Waals surface area contributed by atoms with Crippen LogP contribution in [0.15, 0.2) is 75.7 Å². The molecule has 0 aliphatic heterocycles. The molecule has 108 valence electrons. The van der Waals surface area contributed by atoms with Crippen LogP contribution in [-0.4, -0.2) is 5.11 Å². The van der Waals surface area contributed by atoms with Crippen LogP contribution in [0.25, 0.3) is 11.1 Å². The van der Waals surface area contributed by atoms with Gasteiger partial charge in [0.25, 0.3) is 0 Å². The van der Waals surface area contributed by atoms with Crippen LogP contribution in [0.1, 0.15) is 16.7 Å². The number of fused-ring (bicyclic) bond motifs is 3. The van der Waals surface area contributed by atoms with Gasteiger partial charge in [-0.1, -0.05) is 74.3 Å². The highest BCUT2D eigenvalue weighted by Gasteiger charge is 2.43. The van der Waals surface area contributed by atoms with Gasteiger partial charge in [-0.25, -0.2) is 0 Å². The summed E-state index contributed by atoms with van der Waals surface area (Å²) in [6, 6.07) is 22.0. The molecule has 0 radical (unpaired) electrons. The minimum atomic E-state index is -1.13. The van der Waals surface area contributed by atoms with Crippen molar-refractivity contribution in [3.8, 4) is 11.1 Å². The van der Waals surface area contributed by atoms with E-state index in [2.05, 4.69) is 44.0 Å². The van der Waals surface area contributed by atoms with E-state index in [1.54, 1.807) is 0 Å². The van der Waals surface area contributed by atoms with Crippen molar-refractivity contribution in [3.63, 3.8) is 0 Å². The zero-order valence-corrected chi connectivity index (χ0v) is 14.7. The van der Waals surface area contributed by atoms with Gasteiger partial charge < -0.3 is 5.11 Å². The Bertz CT molecular complexity index is 820. The average Bonchev–Trinajstić information content (AvgIpc) is 2.78. The summed E-state index contributed by atoms with van der Waals surface area (Å²) < 4.78 is 1.93. The normalized spacial score (nSPS) is 14.5. The van der Waals surface area contributed by atoms with E-state index in [1.807, 2.05) is 54.6 Å². The summed E-state index contributed by atoms with van der Waals surface area (Å²) in [6.45, 7) is 0. The Morgan fingerprint density at radius 3 is 1.68 bits per heavy atom. The zero-order chi connectivity index (χ0) is 15.3. The molecule has 0 aromatic heterocycles. The van der Waals surface area contributed by atoms with Crippen molar-refractivity contribution in [1.29, 1.82) is 0 Å². The van der Waals surface area contributed by atoms with E-state index in [1.165, 1.54) is 0 Å². The van der Waals surface area contributed by atoms with Gasteiger partial charge in [0.1, 0.15) is 5.60 Å². The Kier molecular flexibility index (Phi) is 3.26. The lowest BCUT2D eigenvalue weighted by Crippen LogP contribution is -2.26. The molecule has 0 saturated carbocycles. The van der Waals surface area contributed by atoms with Crippen LogP contribution < -0.4 is 0 Å². The van der Waals surface area contributed by atoms with Crippen LogP contribution in [0.2, 0.25) is 0 Å². The smallest absolute Gasteiger partial charge is 0.141 e. The Morgan fingerprint density at radius 1 is 0.682 bits per heavy atom. The molecule has 0 bridgehead atoms. The summed E-state index contributed by atoms with van der Waals surface area (Å²) >= 11 is 7.06. The highest BCUT2D eigenvalue weighted by molar-refractivity contribution is 9.10. The summed E-state index contributed by atoms with van der Waals surface area (Å²) in [5.74, 6) is 0. The Hall–Kier alpha value is -1.42. The third-order valence-electron chi connectivity index (χ3n) is 4.22. The highest BCUT2D eigenvalue weighted by Crippen LogP contribution is 2.52. The van der Waals surface area contributed by atoms with E-state index >= 15 is 0 Å². The molecule has 0 amide bonds. The molecule has 4 rings (SSSR count). The number of aliphatic hydroxyl groups is 1. The molecule has 0 unspecified atom stereocenters. The molecule has 0 spiro atoms. The van der Waals surface area contributed by atoms with Crippen molar-refractivity contribution in [1.82, 2.24) is 0 Å². The Balaban J connectivity index is 2.11. The van der Waals surface area contributed by atoms with Gasteiger partial charge in [0, 0.05) is 20.1 Å². The molecule has 1 N–H and O–H groups in total. The lowest BCUT2D eigenvalue weighted by Gasteiger charge is -2.26. The largest absolute Gasteiger partial charge is 0.376 e. The quantitative estimate of drug-likeness (QED) is 0.558. The fraction of sp³-hybridized carbons (Fsp3) is 0.0526. The summed E-state index contributed by atoms with van der Waals surface area (Å²) in [5.41, 5.74) is 3.75. The number of rotatable bonds is 1. The molecular weight excluding hydrogens is 404 g/mol. The molecule has 0 atom stereocenters. The Morgan fingerprint density at radius 2 is 1.18 bits per heavy atom. The van der Waals surface area contributed by atoms with E-state index < -0.39 is 5.60 Å². The molecule has 3 aromatic carbocycles. The molecule has 0 saturated heterocycles. The lowest BCUT2D eigenvalue weighted by atomic mass is 9.84. The number of hydrogen-bond acceptors (Lipinski definition) is 1. The van der Waals surface area contributed by atoms with Crippen molar-refractivity contribution in [2.24, 2.45) is 0 Å². The molecular formula is C19H12Br2O. The van der Waals surface area contributed by atoms with Crippen LogP contribution in [0.4, 0.5) is 0 Å².